The van der Waals surface area contributed by atoms with Crippen LogP contribution in [0.3, 0.4) is 0 Å². The number of urea groups is 1. The fourth-order valence-electron chi connectivity index (χ4n) is 6.13. The van der Waals surface area contributed by atoms with Gasteiger partial charge in [-0.05, 0) is 104 Å². The number of carbonyl (C=O) groups is 3. The number of nitrogens with zero attached hydrogens (tertiary/aromatic N) is 2. The van der Waals surface area contributed by atoms with Gasteiger partial charge in [0, 0.05) is 47.0 Å². The molecule has 0 fully saturated rings. The normalized spacial score (nSPS) is 11.4. The summed E-state index contributed by atoms with van der Waals surface area (Å²) in [6, 6.07) is 20.4. The fraction of sp³-hybridized carbons (Fsp3) is 0.326. The van der Waals surface area contributed by atoms with Crippen LogP contribution in [-0.4, -0.2) is 46.5 Å². The van der Waals surface area contributed by atoms with Gasteiger partial charge in [0.2, 0.25) is 0 Å². The number of ether oxygens (including phenoxy) is 3. The summed E-state index contributed by atoms with van der Waals surface area (Å²) in [4.78, 5) is 57.5. The Labute approximate surface area is 331 Å². The summed E-state index contributed by atoms with van der Waals surface area (Å²) in [5, 5.41) is 9.81. The molecule has 5 aromatic rings. The lowest BCUT2D eigenvalue weighted by molar-refractivity contribution is 0.0485. The highest BCUT2D eigenvalue weighted by Crippen LogP contribution is 2.37. The lowest BCUT2D eigenvalue weighted by Crippen LogP contribution is -2.29. The van der Waals surface area contributed by atoms with Crippen molar-refractivity contribution in [3.8, 4) is 16.9 Å². The molecule has 3 N–H and O–H groups in total. The van der Waals surface area contributed by atoms with E-state index in [1.165, 1.54) is 4.57 Å². The van der Waals surface area contributed by atoms with Crippen molar-refractivity contribution in [1.29, 1.82) is 0 Å². The largest absolute Gasteiger partial charge is 0.493 e. The Hall–Kier alpha value is -5.88. The van der Waals surface area contributed by atoms with Gasteiger partial charge in [-0.15, -0.1) is 0 Å². The van der Waals surface area contributed by atoms with Crippen LogP contribution in [0.25, 0.3) is 22.2 Å². The third-order valence-corrected chi connectivity index (χ3v) is 8.92. The van der Waals surface area contributed by atoms with Crippen molar-refractivity contribution in [2.24, 2.45) is 7.05 Å². The molecule has 0 atom stereocenters. The van der Waals surface area contributed by atoms with Crippen molar-refractivity contribution < 1.29 is 28.6 Å². The number of amides is 3. The van der Waals surface area contributed by atoms with Gasteiger partial charge in [0.1, 0.15) is 22.7 Å². The van der Waals surface area contributed by atoms with E-state index in [1.54, 1.807) is 82.5 Å². The zero-order valence-corrected chi connectivity index (χ0v) is 33.7. The molecule has 0 bridgehead atoms. The van der Waals surface area contributed by atoms with Crippen molar-refractivity contribution in [1.82, 2.24) is 9.55 Å². The summed E-state index contributed by atoms with van der Waals surface area (Å²) < 4.78 is 18.3. The van der Waals surface area contributed by atoms with E-state index in [0.717, 1.165) is 11.1 Å². The first kappa shape index (κ1) is 41.3. The second kappa shape index (κ2) is 17.7. The van der Waals surface area contributed by atoms with Crippen LogP contribution in [0.2, 0.25) is 5.02 Å². The summed E-state index contributed by atoms with van der Waals surface area (Å²) in [5.74, 6) is -0.0509. The second-order valence-corrected chi connectivity index (χ2v) is 15.3. The number of carbonyl (C=O) groups excluding carboxylic acids is 3. The van der Waals surface area contributed by atoms with Crippen LogP contribution in [0.15, 0.2) is 83.8 Å². The van der Waals surface area contributed by atoms with Crippen LogP contribution < -0.4 is 26.2 Å². The van der Waals surface area contributed by atoms with Gasteiger partial charge in [-0.25, -0.2) is 19.4 Å². The lowest BCUT2D eigenvalue weighted by Gasteiger charge is -2.24. The molecule has 13 heteroatoms. The SMILES string of the molecule is CC(C)c1cc(NC(=O)OC(C)(C)C)cc(C(C)C)c1NC(=O)Nc1c(-c2cccc(OCCCOC(=O)c3cccc(Cl)c3)c2)c2cccnc2n(C)c1=O. The van der Waals surface area contributed by atoms with Crippen LogP contribution in [-0.2, 0) is 16.5 Å². The Morgan fingerprint density at radius 3 is 2.18 bits per heavy atom. The molecule has 0 radical (unpaired) electrons. The summed E-state index contributed by atoms with van der Waals surface area (Å²) in [7, 11) is 1.60. The zero-order valence-electron chi connectivity index (χ0n) is 32.9. The van der Waals surface area contributed by atoms with Crippen LogP contribution in [0.4, 0.5) is 26.7 Å². The quantitative estimate of drug-likeness (QED) is 0.0836. The lowest BCUT2D eigenvalue weighted by atomic mass is 9.91. The molecule has 12 nitrogen and oxygen atoms in total. The first-order valence-corrected chi connectivity index (χ1v) is 18.8. The number of esters is 1. The maximum Gasteiger partial charge on any atom is 0.412 e. The van der Waals surface area contributed by atoms with Gasteiger partial charge in [-0.2, -0.15) is 0 Å². The van der Waals surface area contributed by atoms with Crippen LogP contribution in [0.1, 0.15) is 88.2 Å². The molecule has 0 aliphatic carbocycles. The van der Waals surface area contributed by atoms with Gasteiger partial charge in [0.25, 0.3) is 5.56 Å². The minimum absolute atomic E-state index is 0.0453. The van der Waals surface area contributed by atoms with Crippen molar-refractivity contribution in [2.45, 2.75) is 72.3 Å². The molecule has 0 saturated carbocycles. The fourth-order valence-corrected chi connectivity index (χ4v) is 6.32. The predicted octanol–water partition coefficient (Wildman–Crippen LogP) is 10.1. The molecule has 3 amide bonds. The van der Waals surface area contributed by atoms with Gasteiger partial charge in [0.05, 0.1) is 18.8 Å². The third kappa shape index (κ3) is 10.2. The van der Waals surface area contributed by atoms with E-state index in [0.29, 0.717) is 56.3 Å². The molecule has 3 aromatic carbocycles. The molecule has 5 rings (SSSR count). The Morgan fingerprint density at radius 1 is 0.839 bits per heavy atom. The van der Waals surface area contributed by atoms with Crippen molar-refractivity contribution >= 4 is 57.8 Å². The first-order chi connectivity index (χ1) is 26.5. The number of rotatable bonds is 12. The highest BCUT2D eigenvalue weighted by atomic mass is 35.5. The van der Waals surface area contributed by atoms with Crippen molar-refractivity contribution in [3.05, 3.63) is 111 Å². The number of halogens is 1. The van der Waals surface area contributed by atoms with Crippen LogP contribution >= 0.6 is 11.6 Å². The van der Waals surface area contributed by atoms with E-state index in [2.05, 4.69) is 20.9 Å². The third-order valence-electron chi connectivity index (χ3n) is 8.68. The molecule has 294 valence electrons. The summed E-state index contributed by atoms with van der Waals surface area (Å²) in [6.45, 7) is 13.7. The van der Waals surface area contributed by atoms with E-state index >= 15 is 0 Å². The minimum Gasteiger partial charge on any atom is -0.493 e. The average molecular weight is 782 g/mol. The van der Waals surface area contributed by atoms with Gasteiger partial charge in [-0.3, -0.25) is 14.7 Å². The van der Waals surface area contributed by atoms with E-state index in [-0.39, 0.29) is 30.7 Å². The molecule has 0 aliphatic heterocycles. The smallest absolute Gasteiger partial charge is 0.412 e. The number of anilines is 3. The molecule has 56 heavy (non-hydrogen) atoms. The number of hydrogen-bond acceptors (Lipinski definition) is 8. The van der Waals surface area contributed by atoms with E-state index < -0.39 is 29.3 Å². The topological polar surface area (TPSA) is 150 Å². The van der Waals surface area contributed by atoms with E-state index in [4.69, 9.17) is 25.8 Å². The molecule has 2 heterocycles. The first-order valence-electron chi connectivity index (χ1n) is 18.4. The monoisotopic (exact) mass is 781 g/mol. The molecular weight excluding hydrogens is 734 g/mol. The molecule has 0 saturated heterocycles. The number of nitrogens with one attached hydrogen (secondary N) is 3. The summed E-state index contributed by atoms with van der Waals surface area (Å²) >= 11 is 5.99. The minimum atomic E-state index is -0.675. The maximum atomic E-state index is 14.0. The van der Waals surface area contributed by atoms with E-state index in [1.807, 2.05) is 52.0 Å². The van der Waals surface area contributed by atoms with Crippen molar-refractivity contribution in [2.75, 3.05) is 29.2 Å². The van der Waals surface area contributed by atoms with E-state index in [9.17, 15) is 19.2 Å². The van der Waals surface area contributed by atoms with Crippen molar-refractivity contribution in [3.63, 3.8) is 0 Å². The Kier molecular flexibility index (Phi) is 13.1. The average Bonchev–Trinajstić information content (AvgIpc) is 3.13. The molecular formula is C43H48ClN5O7. The zero-order chi connectivity index (χ0) is 40.7. The van der Waals surface area contributed by atoms with Gasteiger partial charge in [-0.1, -0.05) is 57.5 Å². The summed E-state index contributed by atoms with van der Waals surface area (Å²) in [6.07, 6.45) is 1.45. The molecule has 0 aliphatic rings. The number of aromatic nitrogens is 2. The highest BCUT2D eigenvalue weighted by molar-refractivity contribution is 6.30. The van der Waals surface area contributed by atoms with Gasteiger partial charge < -0.3 is 24.8 Å². The van der Waals surface area contributed by atoms with Gasteiger partial charge >= 0.3 is 18.1 Å². The maximum absolute atomic E-state index is 14.0. The Balaban J connectivity index is 1.41. The number of pyridine rings is 2. The predicted molar refractivity (Wildman–Crippen MR) is 221 cm³/mol. The van der Waals surface area contributed by atoms with Gasteiger partial charge in [0.15, 0.2) is 0 Å². The number of benzene rings is 3. The Morgan fingerprint density at radius 2 is 1.52 bits per heavy atom. The highest BCUT2D eigenvalue weighted by Gasteiger charge is 2.24. The number of fused-ring (bicyclic) bond motifs is 1. The molecule has 2 aromatic heterocycles. The second-order valence-electron chi connectivity index (χ2n) is 14.9. The summed E-state index contributed by atoms with van der Waals surface area (Å²) in [5.41, 5.74) is 3.50. The standard InChI is InChI=1S/C43H48ClN5O7/c1-25(2)33-23-30(46-42(53)56-43(5,6)7)24-34(26(3)4)36(33)47-41(52)48-37-35(32-17-11-18-45-38(32)49(8)39(37)50)27-13-10-16-31(22-27)54-19-12-20-55-40(51)28-14-9-15-29(44)21-28/h9-11,13-18,21-26H,12,19-20H2,1-8H3,(H,46,53)(H2,47,48,52). The number of aryl methyl sites for hydroxylation is 1. The molecule has 0 unspecified atom stereocenters. The Bertz CT molecular complexity index is 2280. The molecule has 0 spiro atoms. The van der Waals surface area contributed by atoms with Crippen LogP contribution in [0.5, 0.6) is 5.75 Å². The van der Waals surface area contributed by atoms with Crippen LogP contribution in [0, 0.1) is 0 Å². The number of hydrogen-bond donors (Lipinski definition) is 3.